The van der Waals surface area contributed by atoms with Crippen molar-refractivity contribution in [2.24, 2.45) is 0 Å². The number of furan rings is 2. The lowest BCUT2D eigenvalue weighted by molar-refractivity contribution is 0.668. The van der Waals surface area contributed by atoms with Crippen LogP contribution in [-0.2, 0) is 0 Å². The van der Waals surface area contributed by atoms with Gasteiger partial charge in [0.05, 0.1) is 11.4 Å². The van der Waals surface area contributed by atoms with Crippen LogP contribution in [0.2, 0.25) is 0 Å². The highest BCUT2D eigenvalue weighted by atomic mass is 16.3. The standard InChI is InChI=1S/C58H36N2O2/c1-3-15-37(16-4-1)44-19-9-10-22-47(44)53-36-52(59-58(60-53)38-17-5-2-6-18-38)43-32-41(39-27-29-56-50(34-39)48-23-11-13-25-54(48)61-56)31-42(33-43)46-21-8-7-20-45(46)40-28-30-57-51(35-40)49-24-12-14-26-55(49)62-57/h1-36H. The molecule has 12 aromatic rings. The Morgan fingerprint density at radius 3 is 1.35 bits per heavy atom. The highest BCUT2D eigenvalue weighted by molar-refractivity contribution is 6.08. The van der Waals surface area contributed by atoms with Gasteiger partial charge in [-0.25, -0.2) is 9.97 Å². The Labute approximate surface area is 358 Å². The maximum atomic E-state index is 6.27. The molecule has 3 aromatic heterocycles. The largest absolute Gasteiger partial charge is 0.456 e. The fourth-order valence-corrected chi connectivity index (χ4v) is 8.91. The van der Waals surface area contributed by atoms with Crippen molar-refractivity contribution in [3.8, 4) is 78.4 Å². The van der Waals surface area contributed by atoms with E-state index in [1.54, 1.807) is 0 Å². The number of aromatic nitrogens is 2. The van der Waals surface area contributed by atoms with Crippen LogP contribution in [0.15, 0.2) is 227 Å². The lowest BCUT2D eigenvalue weighted by Gasteiger charge is -2.16. The number of benzene rings is 9. The van der Waals surface area contributed by atoms with Gasteiger partial charge in [0.1, 0.15) is 22.3 Å². The predicted octanol–water partition coefficient (Wildman–Crippen LogP) is 15.9. The van der Waals surface area contributed by atoms with E-state index >= 15 is 0 Å². The van der Waals surface area contributed by atoms with Gasteiger partial charge >= 0.3 is 0 Å². The van der Waals surface area contributed by atoms with E-state index in [0.717, 1.165) is 116 Å². The van der Waals surface area contributed by atoms with E-state index in [4.69, 9.17) is 18.8 Å². The monoisotopic (exact) mass is 792 g/mol. The zero-order valence-electron chi connectivity index (χ0n) is 33.5. The molecule has 0 aliphatic heterocycles. The highest BCUT2D eigenvalue weighted by Crippen LogP contribution is 2.42. The number of hydrogen-bond donors (Lipinski definition) is 0. The molecule has 0 N–H and O–H groups in total. The first kappa shape index (κ1) is 35.6. The first-order valence-corrected chi connectivity index (χ1v) is 20.9. The van der Waals surface area contributed by atoms with Gasteiger partial charge in [0.25, 0.3) is 0 Å². The summed E-state index contributed by atoms with van der Waals surface area (Å²) in [6, 6.07) is 76.5. The van der Waals surface area contributed by atoms with Crippen LogP contribution in [-0.4, -0.2) is 9.97 Å². The van der Waals surface area contributed by atoms with E-state index in [1.165, 1.54) is 0 Å². The van der Waals surface area contributed by atoms with Crippen molar-refractivity contribution in [3.63, 3.8) is 0 Å². The minimum absolute atomic E-state index is 0.667. The topological polar surface area (TPSA) is 52.1 Å². The van der Waals surface area contributed by atoms with Crippen molar-refractivity contribution in [2.45, 2.75) is 0 Å². The smallest absolute Gasteiger partial charge is 0.160 e. The first-order valence-electron chi connectivity index (χ1n) is 20.9. The van der Waals surface area contributed by atoms with Gasteiger partial charge in [-0.05, 0) is 105 Å². The molecule has 0 aliphatic carbocycles. The molecule has 0 saturated carbocycles. The van der Waals surface area contributed by atoms with E-state index in [9.17, 15) is 0 Å². The number of para-hydroxylation sites is 2. The molecule has 0 atom stereocenters. The Kier molecular flexibility index (Phi) is 8.46. The molecule has 0 aliphatic rings. The minimum atomic E-state index is 0.667. The summed E-state index contributed by atoms with van der Waals surface area (Å²) in [4.78, 5) is 10.6. The third kappa shape index (κ3) is 6.25. The van der Waals surface area contributed by atoms with Crippen LogP contribution < -0.4 is 0 Å². The van der Waals surface area contributed by atoms with E-state index in [1.807, 2.05) is 42.5 Å². The summed E-state index contributed by atoms with van der Waals surface area (Å²) in [6.45, 7) is 0. The molecule has 62 heavy (non-hydrogen) atoms. The first-order chi connectivity index (χ1) is 30.7. The molecular weight excluding hydrogens is 757 g/mol. The molecule has 0 spiro atoms. The zero-order chi connectivity index (χ0) is 41.0. The molecule has 3 heterocycles. The fraction of sp³-hybridized carbons (Fsp3) is 0. The predicted molar refractivity (Wildman–Crippen MR) is 255 cm³/mol. The second-order valence-corrected chi connectivity index (χ2v) is 15.7. The molecule has 4 heteroatoms. The average molecular weight is 793 g/mol. The lowest BCUT2D eigenvalue weighted by atomic mass is 9.89. The molecule has 0 bridgehead atoms. The van der Waals surface area contributed by atoms with Gasteiger partial charge in [-0.2, -0.15) is 0 Å². The van der Waals surface area contributed by atoms with E-state index in [2.05, 4.69) is 176 Å². The summed E-state index contributed by atoms with van der Waals surface area (Å²) in [5.74, 6) is 0.667. The minimum Gasteiger partial charge on any atom is -0.456 e. The van der Waals surface area contributed by atoms with E-state index in [-0.39, 0.29) is 0 Å². The quantitative estimate of drug-likeness (QED) is 0.161. The molecule has 0 amide bonds. The van der Waals surface area contributed by atoms with Crippen LogP contribution in [0.3, 0.4) is 0 Å². The molecule has 0 fully saturated rings. The van der Waals surface area contributed by atoms with Crippen LogP contribution in [0.4, 0.5) is 0 Å². The highest BCUT2D eigenvalue weighted by Gasteiger charge is 2.18. The van der Waals surface area contributed by atoms with E-state index < -0.39 is 0 Å². The maximum absolute atomic E-state index is 6.27. The van der Waals surface area contributed by atoms with Crippen molar-refractivity contribution in [1.29, 1.82) is 0 Å². The second-order valence-electron chi connectivity index (χ2n) is 15.7. The van der Waals surface area contributed by atoms with Crippen molar-refractivity contribution < 1.29 is 8.83 Å². The second kappa shape index (κ2) is 14.7. The van der Waals surface area contributed by atoms with Crippen molar-refractivity contribution in [3.05, 3.63) is 218 Å². The molecule has 12 rings (SSSR count). The number of hydrogen-bond acceptors (Lipinski definition) is 4. The normalized spacial score (nSPS) is 11.5. The average Bonchev–Trinajstić information content (AvgIpc) is 3.92. The van der Waals surface area contributed by atoms with E-state index in [0.29, 0.717) is 5.82 Å². The van der Waals surface area contributed by atoms with Gasteiger partial charge in [0.15, 0.2) is 5.82 Å². The number of fused-ring (bicyclic) bond motifs is 6. The maximum Gasteiger partial charge on any atom is 0.160 e. The summed E-state index contributed by atoms with van der Waals surface area (Å²) in [6.07, 6.45) is 0. The van der Waals surface area contributed by atoms with Gasteiger partial charge in [0.2, 0.25) is 0 Å². The molecule has 0 radical (unpaired) electrons. The summed E-state index contributed by atoms with van der Waals surface area (Å²) in [7, 11) is 0. The summed E-state index contributed by atoms with van der Waals surface area (Å²) < 4.78 is 12.5. The van der Waals surface area contributed by atoms with Crippen LogP contribution in [0.1, 0.15) is 0 Å². The molecule has 290 valence electrons. The van der Waals surface area contributed by atoms with Crippen LogP contribution in [0, 0.1) is 0 Å². The Morgan fingerprint density at radius 2 is 0.694 bits per heavy atom. The zero-order valence-corrected chi connectivity index (χ0v) is 33.5. The fourth-order valence-electron chi connectivity index (χ4n) is 8.91. The third-order valence-electron chi connectivity index (χ3n) is 11.9. The molecule has 4 nitrogen and oxygen atoms in total. The van der Waals surface area contributed by atoms with Gasteiger partial charge in [-0.15, -0.1) is 0 Å². The summed E-state index contributed by atoms with van der Waals surface area (Å²) in [5.41, 5.74) is 17.0. The Morgan fingerprint density at radius 1 is 0.242 bits per heavy atom. The Balaban J connectivity index is 1.09. The van der Waals surface area contributed by atoms with Gasteiger partial charge < -0.3 is 8.83 Å². The van der Waals surface area contributed by atoms with Gasteiger partial charge in [-0.1, -0.05) is 158 Å². The van der Waals surface area contributed by atoms with Crippen LogP contribution in [0.5, 0.6) is 0 Å². The SMILES string of the molecule is c1ccc(-c2nc(-c3cc(-c4ccc5oc6ccccc6c5c4)cc(-c4ccccc4-c4ccc5oc6ccccc6c5c4)c3)cc(-c3ccccc3-c3ccccc3)n2)cc1. The van der Waals surface area contributed by atoms with Gasteiger partial charge in [0, 0.05) is 38.2 Å². The van der Waals surface area contributed by atoms with Crippen LogP contribution in [0.25, 0.3) is 122 Å². The number of nitrogens with zero attached hydrogens (tertiary/aromatic N) is 2. The van der Waals surface area contributed by atoms with Crippen molar-refractivity contribution in [2.75, 3.05) is 0 Å². The molecule has 0 unspecified atom stereocenters. The third-order valence-corrected chi connectivity index (χ3v) is 11.9. The van der Waals surface area contributed by atoms with Crippen molar-refractivity contribution >= 4 is 43.9 Å². The van der Waals surface area contributed by atoms with Crippen LogP contribution >= 0.6 is 0 Å². The van der Waals surface area contributed by atoms with Crippen molar-refractivity contribution in [1.82, 2.24) is 9.97 Å². The molecule has 9 aromatic carbocycles. The lowest BCUT2D eigenvalue weighted by Crippen LogP contribution is -1.97. The number of rotatable bonds is 7. The summed E-state index contributed by atoms with van der Waals surface area (Å²) in [5, 5.41) is 4.38. The molecular formula is C58H36N2O2. The summed E-state index contributed by atoms with van der Waals surface area (Å²) >= 11 is 0. The Hall–Kier alpha value is -8.34. The molecule has 0 saturated heterocycles. The van der Waals surface area contributed by atoms with Gasteiger partial charge in [-0.3, -0.25) is 0 Å². The Bertz CT molecular complexity index is 3640.